The van der Waals surface area contributed by atoms with Gasteiger partial charge in [0.25, 0.3) is 0 Å². The summed E-state index contributed by atoms with van der Waals surface area (Å²) in [5, 5.41) is 30.5. The molecule has 7 heteroatoms. The Morgan fingerprint density at radius 3 is 1.79 bits per heavy atom. The van der Waals surface area contributed by atoms with Gasteiger partial charge in [-0.3, -0.25) is 9.59 Å². The van der Waals surface area contributed by atoms with Crippen LogP contribution in [0.3, 0.4) is 0 Å². The highest BCUT2D eigenvalue weighted by molar-refractivity contribution is 5.93. The van der Waals surface area contributed by atoms with Crippen molar-refractivity contribution < 1.29 is 34.4 Å². The van der Waals surface area contributed by atoms with Crippen molar-refractivity contribution in [1.82, 2.24) is 0 Å². The summed E-state index contributed by atoms with van der Waals surface area (Å²) in [5.74, 6) is -5.53. The number of unbranched alkanes of at least 4 members (excludes halogenated alkanes) is 4. The van der Waals surface area contributed by atoms with Crippen LogP contribution in [-0.2, 0) is 19.1 Å². The highest BCUT2D eigenvalue weighted by Gasteiger charge is 2.67. The maximum atomic E-state index is 12.7. The molecule has 7 nitrogen and oxygen atoms in total. The number of aliphatic carboxylic acids is 3. The van der Waals surface area contributed by atoms with Crippen molar-refractivity contribution in [3.63, 3.8) is 0 Å². The van der Waals surface area contributed by atoms with E-state index < -0.39 is 34.8 Å². The van der Waals surface area contributed by atoms with E-state index in [-0.39, 0.29) is 25.9 Å². The van der Waals surface area contributed by atoms with E-state index in [0.717, 1.165) is 25.7 Å². The van der Waals surface area contributed by atoms with Crippen molar-refractivity contribution >= 4 is 17.9 Å². The zero-order valence-corrected chi connectivity index (χ0v) is 18.5. The van der Waals surface area contributed by atoms with Gasteiger partial charge in [-0.05, 0) is 25.7 Å². The van der Waals surface area contributed by atoms with E-state index in [4.69, 9.17) is 4.74 Å². The Morgan fingerprint density at radius 1 is 0.759 bits per heavy atom. The minimum absolute atomic E-state index is 0.00558. The molecule has 0 saturated heterocycles. The van der Waals surface area contributed by atoms with E-state index >= 15 is 0 Å². The fourth-order valence-corrected chi connectivity index (χ4v) is 4.37. The maximum Gasteiger partial charge on any atom is 0.338 e. The monoisotopic (exact) mass is 416 g/mol. The van der Waals surface area contributed by atoms with Crippen LogP contribution in [0.2, 0.25) is 0 Å². The van der Waals surface area contributed by atoms with Crippen molar-refractivity contribution in [3.05, 3.63) is 0 Å². The highest BCUT2D eigenvalue weighted by Crippen LogP contribution is 2.50. The molecule has 3 atom stereocenters. The number of hydrogen-bond acceptors (Lipinski definition) is 4. The van der Waals surface area contributed by atoms with Gasteiger partial charge in [-0.1, -0.05) is 72.6 Å². The normalized spacial score (nSPS) is 16.6. The second-order valence-electron chi connectivity index (χ2n) is 7.87. The molecule has 170 valence electrons. The molecule has 3 N–H and O–H groups in total. The van der Waals surface area contributed by atoms with Crippen molar-refractivity contribution in [3.8, 4) is 0 Å². The van der Waals surface area contributed by atoms with E-state index in [1.54, 1.807) is 20.8 Å². The van der Waals surface area contributed by atoms with Gasteiger partial charge in [0.1, 0.15) is 5.41 Å². The van der Waals surface area contributed by atoms with Gasteiger partial charge in [-0.25, -0.2) is 4.79 Å². The summed E-state index contributed by atoms with van der Waals surface area (Å²) < 4.78 is 5.81. The van der Waals surface area contributed by atoms with Crippen LogP contribution >= 0.6 is 0 Å². The average molecular weight is 417 g/mol. The van der Waals surface area contributed by atoms with Gasteiger partial charge in [-0.15, -0.1) is 0 Å². The van der Waals surface area contributed by atoms with Crippen LogP contribution in [0.5, 0.6) is 0 Å². The SMILES string of the molecule is CCCCCCCC(CCC)(C(=O)O)C(OCCC)(C(=O)O)C(CCC)C(=O)O. The molecular formula is C22H40O7. The largest absolute Gasteiger partial charge is 0.481 e. The summed E-state index contributed by atoms with van der Waals surface area (Å²) in [7, 11) is 0. The van der Waals surface area contributed by atoms with Gasteiger partial charge in [0, 0.05) is 6.61 Å². The molecule has 0 radical (unpaired) electrons. The third-order valence-corrected chi connectivity index (χ3v) is 5.72. The second-order valence-corrected chi connectivity index (χ2v) is 7.87. The van der Waals surface area contributed by atoms with Crippen LogP contribution in [0.4, 0.5) is 0 Å². The maximum absolute atomic E-state index is 12.7. The number of hydrogen-bond donors (Lipinski definition) is 3. The Balaban J connectivity index is 6.52. The molecule has 0 aromatic heterocycles. The van der Waals surface area contributed by atoms with Crippen molar-refractivity contribution in [2.24, 2.45) is 11.3 Å². The van der Waals surface area contributed by atoms with E-state index in [9.17, 15) is 29.7 Å². The van der Waals surface area contributed by atoms with E-state index in [0.29, 0.717) is 25.7 Å². The first kappa shape index (κ1) is 27.4. The molecular weight excluding hydrogens is 376 g/mol. The van der Waals surface area contributed by atoms with Crippen molar-refractivity contribution in [2.75, 3.05) is 6.61 Å². The van der Waals surface area contributed by atoms with E-state index in [1.165, 1.54) is 0 Å². The number of carboxylic acids is 3. The molecule has 0 amide bonds. The fraction of sp³-hybridized carbons (Fsp3) is 0.864. The molecule has 0 aliphatic rings. The molecule has 0 spiro atoms. The Hall–Kier alpha value is -1.63. The Bertz CT molecular complexity index is 519. The van der Waals surface area contributed by atoms with Gasteiger partial charge in [0.15, 0.2) is 5.60 Å². The lowest BCUT2D eigenvalue weighted by atomic mass is 9.59. The van der Waals surface area contributed by atoms with Gasteiger partial charge in [0.2, 0.25) is 0 Å². The molecule has 29 heavy (non-hydrogen) atoms. The molecule has 0 fully saturated rings. The predicted octanol–water partition coefficient (Wildman–Crippen LogP) is 4.97. The Morgan fingerprint density at radius 2 is 1.38 bits per heavy atom. The quantitative estimate of drug-likeness (QED) is 0.270. The predicted molar refractivity (Wildman–Crippen MR) is 111 cm³/mol. The first-order valence-electron chi connectivity index (χ1n) is 11.0. The molecule has 0 bridgehead atoms. The summed E-state index contributed by atoms with van der Waals surface area (Å²) in [6.45, 7) is 7.41. The minimum atomic E-state index is -2.31. The number of rotatable bonds is 18. The molecule has 0 rings (SSSR count). The Labute approximate surface area is 174 Å². The lowest BCUT2D eigenvalue weighted by Gasteiger charge is -2.47. The minimum Gasteiger partial charge on any atom is -0.481 e. The topological polar surface area (TPSA) is 121 Å². The van der Waals surface area contributed by atoms with Crippen LogP contribution in [0.25, 0.3) is 0 Å². The molecule has 0 aliphatic heterocycles. The lowest BCUT2D eigenvalue weighted by Crippen LogP contribution is -2.65. The summed E-state index contributed by atoms with van der Waals surface area (Å²) in [6, 6.07) is 0. The summed E-state index contributed by atoms with van der Waals surface area (Å²) in [6.07, 6.45) is 5.79. The number of carboxylic acid groups (broad SMARTS) is 3. The summed E-state index contributed by atoms with van der Waals surface area (Å²) in [4.78, 5) is 37.5. The molecule has 0 aliphatic carbocycles. The van der Waals surface area contributed by atoms with Crippen molar-refractivity contribution in [2.45, 2.75) is 104 Å². The van der Waals surface area contributed by atoms with E-state index in [1.807, 2.05) is 0 Å². The van der Waals surface area contributed by atoms with Gasteiger partial charge in [-0.2, -0.15) is 0 Å². The van der Waals surface area contributed by atoms with Gasteiger partial charge in [0.05, 0.1) is 5.92 Å². The van der Waals surface area contributed by atoms with Crippen LogP contribution in [0.15, 0.2) is 0 Å². The summed E-state index contributed by atoms with van der Waals surface area (Å²) in [5.41, 5.74) is -4.11. The fourth-order valence-electron chi connectivity index (χ4n) is 4.37. The standard InChI is InChI=1S/C22H40O7/c1-5-9-10-11-12-15-21(14-7-3,19(25)26)22(20(27)28,29-16-8-4)17(13-6-2)18(23)24/h17H,5-16H2,1-4H3,(H,23,24)(H,25,26)(H,27,28). The zero-order valence-electron chi connectivity index (χ0n) is 18.5. The van der Waals surface area contributed by atoms with Crippen LogP contribution in [0, 0.1) is 11.3 Å². The first-order chi connectivity index (χ1) is 13.7. The molecule has 0 aromatic carbocycles. The second kappa shape index (κ2) is 13.6. The smallest absolute Gasteiger partial charge is 0.338 e. The van der Waals surface area contributed by atoms with Crippen LogP contribution in [-0.4, -0.2) is 45.4 Å². The lowest BCUT2D eigenvalue weighted by molar-refractivity contribution is -0.220. The molecule has 3 unspecified atom stereocenters. The van der Waals surface area contributed by atoms with Crippen molar-refractivity contribution in [1.29, 1.82) is 0 Å². The summed E-state index contributed by atoms with van der Waals surface area (Å²) >= 11 is 0. The van der Waals surface area contributed by atoms with Gasteiger partial charge >= 0.3 is 17.9 Å². The average Bonchev–Trinajstić information content (AvgIpc) is 2.66. The zero-order chi connectivity index (χ0) is 22.5. The van der Waals surface area contributed by atoms with E-state index in [2.05, 4.69) is 6.92 Å². The molecule has 0 saturated carbocycles. The van der Waals surface area contributed by atoms with Crippen LogP contribution < -0.4 is 0 Å². The molecule has 0 heterocycles. The number of ether oxygens (including phenoxy) is 1. The number of carbonyl (C=O) groups is 3. The third-order valence-electron chi connectivity index (χ3n) is 5.72. The third kappa shape index (κ3) is 6.43. The first-order valence-corrected chi connectivity index (χ1v) is 11.0. The van der Waals surface area contributed by atoms with Gasteiger partial charge < -0.3 is 20.1 Å². The Kier molecular flexibility index (Phi) is 12.8. The van der Waals surface area contributed by atoms with Crippen LogP contribution in [0.1, 0.15) is 98.3 Å². The highest BCUT2D eigenvalue weighted by atomic mass is 16.5. The molecule has 0 aromatic rings.